The average Bonchev–Trinajstić information content (AvgIpc) is 2.81. The number of ether oxygens (including phenoxy) is 1. The van der Waals surface area contributed by atoms with E-state index < -0.39 is 0 Å². The molecular formula is C27H27ClFN3O. The Kier molecular flexibility index (Phi) is 7.31. The monoisotopic (exact) mass is 463 g/mol. The highest BCUT2D eigenvalue weighted by atomic mass is 35.5. The fourth-order valence-corrected chi connectivity index (χ4v) is 4.13. The number of benzene rings is 1. The van der Waals surface area contributed by atoms with Crippen LogP contribution in [0.2, 0.25) is 5.02 Å². The molecule has 0 radical (unpaired) electrons. The number of fused-ring (bicyclic) bond motifs is 1. The van der Waals surface area contributed by atoms with Crippen molar-refractivity contribution in [2.75, 3.05) is 6.61 Å². The van der Waals surface area contributed by atoms with Crippen LogP contribution in [0.1, 0.15) is 47.9 Å². The van der Waals surface area contributed by atoms with Gasteiger partial charge in [0.1, 0.15) is 5.82 Å². The number of hydrogen-bond acceptors (Lipinski definition) is 4. The molecule has 5 rings (SSSR count). The third-order valence-corrected chi connectivity index (χ3v) is 6.10. The van der Waals surface area contributed by atoms with Gasteiger partial charge in [0.2, 0.25) is 0 Å². The van der Waals surface area contributed by atoms with Crippen molar-refractivity contribution in [1.82, 2.24) is 15.0 Å². The maximum absolute atomic E-state index is 14.1. The van der Waals surface area contributed by atoms with E-state index in [0.29, 0.717) is 22.3 Å². The molecule has 4 heterocycles. The second-order valence-electron chi connectivity index (χ2n) is 8.33. The Morgan fingerprint density at radius 3 is 2.48 bits per heavy atom. The van der Waals surface area contributed by atoms with Crippen LogP contribution >= 0.6 is 11.6 Å². The van der Waals surface area contributed by atoms with Crippen molar-refractivity contribution in [3.63, 3.8) is 0 Å². The van der Waals surface area contributed by atoms with E-state index in [0.717, 1.165) is 40.9 Å². The summed E-state index contributed by atoms with van der Waals surface area (Å²) in [6, 6.07) is 12.7. The quantitative estimate of drug-likeness (QED) is 0.312. The van der Waals surface area contributed by atoms with Gasteiger partial charge >= 0.3 is 0 Å². The van der Waals surface area contributed by atoms with Gasteiger partial charge in [0.15, 0.2) is 5.65 Å². The number of halogens is 2. The van der Waals surface area contributed by atoms with Crippen molar-refractivity contribution in [3.8, 4) is 11.1 Å². The van der Waals surface area contributed by atoms with Crippen molar-refractivity contribution in [1.29, 1.82) is 0 Å². The number of hydrogen-bond donors (Lipinski definition) is 0. The summed E-state index contributed by atoms with van der Waals surface area (Å²) >= 11 is 5.80. The molecule has 0 N–H and O–H groups in total. The molecule has 1 atom stereocenters. The van der Waals surface area contributed by atoms with Gasteiger partial charge < -0.3 is 4.74 Å². The van der Waals surface area contributed by atoms with Crippen molar-refractivity contribution in [2.24, 2.45) is 0 Å². The second-order valence-corrected chi connectivity index (χ2v) is 8.77. The summed E-state index contributed by atoms with van der Waals surface area (Å²) in [6.07, 6.45) is 7.47. The predicted molar refractivity (Wildman–Crippen MR) is 131 cm³/mol. The standard InChI is InChI=1S/C16H12ClFN2.C11H15NO/c1-9-7-14-12(5-6-19-16(14)20-10(9)2)13-4-3-11(17)8-15(13)18;1-9-8-10(5-6-12-9)11-4-2-3-7-13-11/h3-8H,1-2H3;5-6,8,11H,2-4,7H2,1H3. The first-order chi connectivity index (χ1) is 15.9. The molecule has 0 amide bonds. The van der Waals surface area contributed by atoms with E-state index in [1.807, 2.05) is 33.0 Å². The van der Waals surface area contributed by atoms with Crippen LogP contribution in [0.15, 0.2) is 54.9 Å². The van der Waals surface area contributed by atoms with E-state index in [1.165, 1.54) is 24.5 Å². The molecule has 1 fully saturated rings. The fourth-order valence-electron chi connectivity index (χ4n) is 3.98. The third-order valence-electron chi connectivity index (χ3n) is 5.87. The van der Waals surface area contributed by atoms with Gasteiger partial charge in [-0.2, -0.15) is 0 Å². The predicted octanol–water partition coefficient (Wildman–Crippen LogP) is 7.34. The molecule has 1 unspecified atom stereocenters. The fraction of sp³-hybridized carbons (Fsp3) is 0.296. The summed E-state index contributed by atoms with van der Waals surface area (Å²) in [5.74, 6) is -0.344. The Labute approximate surface area is 198 Å². The minimum atomic E-state index is -0.344. The molecule has 1 aromatic carbocycles. The molecule has 1 aliphatic heterocycles. The molecule has 0 saturated carbocycles. The van der Waals surface area contributed by atoms with Crippen molar-refractivity contribution in [2.45, 2.75) is 46.1 Å². The third kappa shape index (κ3) is 5.55. The number of aromatic nitrogens is 3. The molecule has 0 spiro atoms. The molecular weight excluding hydrogens is 437 g/mol. The second kappa shape index (κ2) is 10.4. The summed E-state index contributed by atoms with van der Waals surface area (Å²) in [6.45, 7) is 6.85. The average molecular weight is 464 g/mol. The summed E-state index contributed by atoms with van der Waals surface area (Å²) in [5, 5.41) is 1.23. The zero-order chi connectivity index (χ0) is 23.4. The Morgan fingerprint density at radius 2 is 1.76 bits per heavy atom. The highest BCUT2D eigenvalue weighted by molar-refractivity contribution is 6.30. The number of aryl methyl sites for hydroxylation is 3. The van der Waals surface area contributed by atoms with Crippen LogP contribution in [-0.4, -0.2) is 21.6 Å². The maximum Gasteiger partial charge on any atom is 0.159 e. The van der Waals surface area contributed by atoms with Crippen LogP contribution in [0, 0.1) is 26.6 Å². The van der Waals surface area contributed by atoms with E-state index in [9.17, 15) is 4.39 Å². The van der Waals surface area contributed by atoms with E-state index in [2.05, 4.69) is 27.1 Å². The topological polar surface area (TPSA) is 47.9 Å². The lowest BCUT2D eigenvalue weighted by Crippen LogP contribution is -2.11. The van der Waals surface area contributed by atoms with E-state index in [1.54, 1.807) is 24.4 Å². The highest BCUT2D eigenvalue weighted by Crippen LogP contribution is 2.31. The molecule has 33 heavy (non-hydrogen) atoms. The van der Waals surface area contributed by atoms with Crippen LogP contribution in [0.4, 0.5) is 4.39 Å². The maximum atomic E-state index is 14.1. The Balaban J connectivity index is 0.000000172. The summed E-state index contributed by atoms with van der Waals surface area (Å²) in [4.78, 5) is 12.9. The van der Waals surface area contributed by atoms with Crippen LogP contribution in [0.25, 0.3) is 22.2 Å². The molecule has 0 bridgehead atoms. The van der Waals surface area contributed by atoms with Gasteiger partial charge in [-0.1, -0.05) is 11.6 Å². The van der Waals surface area contributed by atoms with Gasteiger partial charge in [-0.05, 0) is 99.2 Å². The zero-order valence-corrected chi connectivity index (χ0v) is 19.9. The van der Waals surface area contributed by atoms with Crippen LogP contribution in [0.3, 0.4) is 0 Å². The Bertz CT molecular complexity index is 1270. The first kappa shape index (κ1) is 23.3. The summed E-state index contributed by atoms with van der Waals surface area (Å²) in [7, 11) is 0. The molecule has 4 nitrogen and oxygen atoms in total. The van der Waals surface area contributed by atoms with Gasteiger partial charge in [-0.25, -0.2) is 14.4 Å². The molecule has 3 aromatic heterocycles. The minimum absolute atomic E-state index is 0.315. The van der Waals surface area contributed by atoms with Gasteiger partial charge in [0, 0.05) is 46.4 Å². The number of pyridine rings is 3. The first-order valence-electron chi connectivity index (χ1n) is 11.1. The largest absolute Gasteiger partial charge is 0.374 e. The van der Waals surface area contributed by atoms with Crippen LogP contribution in [-0.2, 0) is 4.74 Å². The molecule has 1 aliphatic rings. The number of nitrogens with zero attached hydrogens (tertiary/aromatic N) is 3. The lowest BCUT2D eigenvalue weighted by atomic mass is 10.0. The molecule has 6 heteroatoms. The summed E-state index contributed by atoms with van der Waals surface area (Å²) in [5.41, 5.74) is 6.25. The van der Waals surface area contributed by atoms with E-state index in [4.69, 9.17) is 16.3 Å². The lowest BCUT2D eigenvalue weighted by molar-refractivity contribution is 0.0149. The first-order valence-corrected chi connectivity index (χ1v) is 11.5. The van der Waals surface area contributed by atoms with Gasteiger partial charge in [0.25, 0.3) is 0 Å². The van der Waals surface area contributed by atoms with Gasteiger partial charge in [-0.15, -0.1) is 0 Å². The molecule has 170 valence electrons. The molecule has 1 saturated heterocycles. The SMILES string of the molecule is Cc1cc(C2CCCCO2)ccn1.Cc1cc2c(-c3ccc(Cl)cc3F)ccnc2nc1C. The van der Waals surface area contributed by atoms with E-state index in [-0.39, 0.29) is 5.82 Å². The molecule has 0 aliphatic carbocycles. The summed E-state index contributed by atoms with van der Waals surface area (Å²) < 4.78 is 19.8. The normalized spacial score (nSPS) is 15.7. The number of rotatable bonds is 2. The van der Waals surface area contributed by atoms with Crippen LogP contribution in [0.5, 0.6) is 0 Å². The Morgan fingerprint density at radius 1 is 0.939 bits per heavy atom. The van der Waals surface area contributed by atoms with Crippen molar-refractivity contribution >= 4 is 22.6 Å². The minimum Gasteiger partial charge on any atom is -0.374 e. The highest BCUT2D eigenvalue weighted by Gasteiger charge is 2.15. The van der Waals surface area contributed by atoms with Gasteiger partial charge in [-0.3, -0.25) is 4.98 Å². The van der Waals surface area contributed by atoms with Crippen LogP contribution < -0.4 is 0 Å². The van der Waals surface area contributed by atoms with E-state index >= 15 is 0 Å². The molecule has 4 aromatic rings. The van der Waals surface area contributed by atoms with Gasteiger partial charge in [0.05, 0.1) is 6.10 Å². The van der Waals surface area contributed by atoms with Crippen molar-refractivity contribution in [3.05, 3.63) is 88.2 Å². The Hall–Kier alpha value is -2.89. The smallest absolute Gasteiger partial charge is 0.159 e. The zero-order valence-electron chi connectivity index (χ0n) is 19.1. The van der Waals surface area contributed by atoms with Crippen molar-refractivity contribution < 1.29 is 9.13 Å². The lowest BCUT2D eigenvalue weighted by Gasteiger charge is -2.22.